The number of likely N-dealkylation sites (tertiary alicyclic amines) is 1. The van der Waals surface area contributed by atoms with Crippen LogP contribution in [0.2, 0.25) is 0 Å². The minimum absolute atomic E-state index is 0.319. The van der Waals surface area contributed by atoms with Gasteiger partial charge in [0.05, 0.1) is 27.4 Å². The first-order chi connectivity index (χ1) is 16.6. The second-order valence-corrected chi connectivity index (χ2v) is 8.43. The topological polar surface area (TPSA) is 68.2 Å². The summed E-state index contributed by atoms with van der Waals surface area (Å²) < 4.78 is 16.8. The molecular formula is C28H31NO5. The Balaban J connectivity index is 1.85. The molecule has 0 amide bonds. The summed E-state index contributed by atoms with van der Waals surface area (Å²) >= 11 is 0. The third-order valence-electron chi connectivity index (χ3n) is 6.52. The zero-order valence-corrected chi connectivity index (χ0v) is 19.9. The SMILES string of the molecule is COc1cc(OC)c(C(c2ccc(-c3ccccc3)cc2)N2CCCCC2C(=O)O)cc1OC. The Kier molecular flexibility index (Phi) is 7.38. The fraction of sp³-hybridized carbons (Fsp3) is 0.321. The van der Waals surface area contributed by atoms with E-state index in [1.165, 1.54) is 0 Å². The van der Waals surface area contributed by atoms with E-state index < -0.39 is 12.0 Å². The maximum absolute atomic E-state index is 12.2. The van der Waals surface area contributed by atoms with Crippen LogP contribution in [0, 0.1) is 0 Å². The van der Waals surface area contributed by atoms with Crippen molar-refractivity contribution in [1.29, 1.82) is 0 Å². The highest BCUT2D eigenvalue weighted by molar-refractivity contribution is 5.74. The number of aliphatic carboxylic acids is 1. The molecule has 1 aliphatic heterocycles. The molecule has 2 unspecified atom stereocenters. The lowest BCUT2D eigenvalue weighted by Gasteiger charge is -2.40. The summed E-state index contributed by atoms with van der Waals surface area (Å²) in [4.78, 5) is 14.3. The number of carbonyl (C=O) groups is 1. The van der Waals surface area contributed by atoms with Crippen LogP contribution >= 0.6 is 0 Å². The molecule has 3 aromatic rings. The molecule has 0 spiro atoms. The fourth-order valence-corrected chi connectivity index (χ4v) is 4.83. The first-order valence-corrected chi connectivity index (χ1v) is 11.5. The number of rotatable bonds is 8. The van der Waals surface area contributed by atoms with Crippen LogP contribution in [-0.4, -0.2) is 49.9 Å². The number of benzene rings is 3. The van der Waals surface area contributed by atoms with Crippen LogP contribution in [-0.2, 0) is 4.79 Å². The summed E-state index contributed by atoms with van der Waals surface area (Å²) in [5, 5.41) is 10.0. The molecule has 0 aromatic heterocycles. The van der Waals surface area contributed by atoms with Crippen molar-refractivity contribution in [2.24, 2.45) is 0 Å². The van der Waals surface area contributed by atoms with Crippen LogP contribution in [0.25, 0.3) is 11.1 Å². The monoisotopic (exact) mass is 461 g/mol. The summed E-state index contributed by atoms with van der Waals surface area (Å²) in [5.74, 6) is 0.970. The smallest absolute Gasteiger partial charge is 0.320 e. The number of nitrogens with zero attached hydrogens (tertiary/aromatic N) is 1. The normalized spacial score (nSPS) is 17.1. The summed E-state index contributed by atoms with van der Waals surface area (Å²) in [7, 11) is 4.80. The molecule has 0 aliphatic carbocycles. The van der Waals surface area contributed by atoms with Gasteiger partial charge in [-0.05, 0) is 42.1 Å². The maximum Gasteiger partial charge on any atom is 0.320 e. The minimum atomic E-state index is -0.801. The van der Waals surface area contributed by atoms with E-state index in [2.05, 4.69) is 41.3 Å². The van der Waals surface area contributed by atoms with E-state index in [9.17, 15) is 9.90 Å². The molecule has 1 heterocycles. The Hall–Kier alpha value is -3.51. The molecular weight excluding hydrogens is 430 g/mol. The Morgan fingerprint density at radius 1 is 0.853 bits per heavy atom. The van der Waals surface area contributed by atoms with Gasteiger partial charge in [0.25, 0.3) is 0 Å². The van der Waals surface area contributed by atoms with Crippen LogP contribution in [0.5, 0.6) is 17.2 Å². The van der Waals surface area contributed by atoms with Gasteiger partial charge in [0, 0.05) is 11.6 Å². The van der Waals surface area contributed by atoms with Gasteiger partial charge in [0.15, 0.2) is 11.5 Å². The highest BCUT2D eigenvalue weighted by Crippen LogP contribution is 2.43. The van der Waals surface area contributed by atoms with Crippen molar-refractivity contribution in [3.63, 3.8) is 0 Å². The number of piperidine rings is 1. The van der Waals surface area contributed by atoms with Crippen LogP contribution in [0.3, 0.4) is 0 Å². The van der Waals surface area contributed by atoms with Crippen molar-refractivity contribution in [3.8, 4) is 28.4 Å². The second-order valence-electron chi connectivity index (χ2n) is 8.43. The van der Waals surface area contributed by atoms with Gasteiger partial charge in [-0.15, -0.1) is 0 Å². The molecule has 0 saturated carbocycles. The lowest BCUT2D eigenvalue weighted by molar-refractivity contribution is -0.145. The summed E-state index contributed by atoms with van der Waals surface area (Å²) in [6.07, 6.45) is 2.46. The molecule has 3 aromatic carbocycles. The van der Waals surface area contributed by atoms with Crippen molar-refractivity contribution in [2.45, 2.75) is 31.3 Å². The Labute approximate surface area is 200 Å². The van der Waals surface area contributed by atoms with Crippen molar-refractivity contribution in [3.05, 3.63) is 77.9 Å². The maximum atomic E-state index is 12.2. The highest BCUT2D eigenvalue weighted by Gasteiger charge is 2.37. The molecule has 4 rings (SSSR count). The van der Waals surface area contributed by atoms with Crippen molar-refractivity contribution < 1.29 is 24.1 Å². The van der Waals surface area contributed by atoms with Crippen molar-refractivity contribution in [2.75, 3.05) is 27.9 Å². The lowest BCUT2D eigenvalue weighted by Crippen LogP contribution is -2.46. The Bertz CT molecular complexity index is 1110. The first kappa shape index (κ1) is 23.6. The minimum Gasteiger partial charge on any atom is -0.496 e. The molecule has 0 bridgehead atoms. The number of hydrogen-bond donors (Lipinski definition) is 1. The highest BCUT2D eigenvalue weighted by atomic mass is 16.5. The van der Waals surface area contributed by atoms with Crippen molar-refractivity contribution >= 4 is 5.97 Å². The van der Waals surface area contributed by atoms with Gasteiger partial charge in [-0.3, -0.25) is 9.69 Å². The number of methoxy groups -OCH3 is 3. The van der Waals surface area contributed by atoms with E-state index in [-0.39, 0.29) is 6.04 Å². The number of carboxylic acid groups (broad SMARTS) is 1. The van der Waals surface area contributed by atoms with E-state index in [0.29, 0.717) is 30.2 Å². The molecule has 1 N–H and O–H groups in total. The molecule has 1 saturated heterocycles. The molecule has 1 fully saturated rings. The average molecular weight is 462 g/mol. The fourth-order valence-electron chi connectivity index (χ4n) is 4.83. The average Bonchev–Trinajstić information content (AvgIpc) is 2.89. The predicted molar refractivity (Wildman–Crippen MR) is 132 cm³/mol. The number of hydrogen-bond acceptors (Lipinski definition) is 5. The standard InChI is InChI=1S/C28H31NO5/c1-32-24-18-26(34-3)25(33-2)17-22(24)27(29-16-8-7-11-23(29)28(30)31)21-14-12-20(13-15-21)19-9-5-4-6-10-19/h4-6,9-10,12-15,17-18,23,27H,7-8,11,16H2,1-3H3,(H,30,31). The zero-order chi connectivity index (χ0) is 24.1. The van der Waals surface area contributed by atoms with E-state index >= 15 is 0 Å². The summed E-state index contributed by atoms with van der Waals surface area (Å²) in [5.41, 5.74) is 4.09. The first-order valence-electron chi connectivity index (χ1n) is 11.5. The zero-order valence-electron chi connectivity index (χ0n) is 19.9. The largest absolute Gasteiger partial charge is 0.496 e. The molecule has 34 heavy (non-hydrogen) atoms. The second kappa shape index (κ2) is 10.6. The van der Waals surface area contributed by atoms with E-state index in [1.807, 2.05) is 24.3 Å². The van der Waals surface area contributed by atoms with Crippen LogP contribution < -0.4 is 14.2 Å². The van der Waals surface area contributed by atoms with Crippen LogP contribution in [0.1, 0.15) is 36.4 Å². The van der Waals surface area contributed by atoms with Gasteiger partial charge in [-0.25, -0.2) is 0 Å². The van der Waals surface area contributed by atoms with Crippen LogP contribution in [0.4, 0.5) is 0 Å². The third kappa shape index (κ3) is 4.73. The molecule has 178 valence electrons. The van der Waals surface area contributed by atoms with Gasteiger partial charge in [-0.2, -0.15) is 0 Å². The van der Waals surface area contributed by atoms with Gasteiger partial charge in [-0.1, -0.05) is 61.0 Å². The van der Waals surface area contributed by atoms with E-state index in [0.717, 1.165) is 35.1 Å². The van der Waals surface area contributed by atoms with Gasteiger partial charge >= 0.3 is 5.97 Å². The number of carboxylic acids is 1. The van der Waals surface area contributed by atoms with Gasteiger partial charge in [0.1, 0.15) is 11.8 Å². The molecule has 2 atom stereocenters. The van der Waals surface area contributed by atoms with Crippen LogP contribution in [0.15, 0.2) is 66.7 Å². The van der Waals surface area contributed by atoms with Gasteiger partial charge < -0.3 is 19.3 Å². The third-order valence-corrected chi connectivity index (χ3v) is 6.52. The van der Waals surface area contributed by atoms with Crippen molar-refractivity contribution in [1.82, 2.24) is 4.90 Å². The van der Waals surface area contributed by atoms with E-state index in [4.69, 9.17) is 14.2 Å². The molecule has 0 radical (unpaired) electrons. The quantitative estimate of drug-likeness (QED) is 0.484. The summed E-state index contributed by atoms with van der Waals surface area (Å²) in [6, 6.07) is 21.3. The summed E-state index contributed by atoms with van der Waals surface area (Å²) in [6.45, 7) is 0.680. The lowest BCUT2D eigenvalue weighted by atomic mass is 9.90. The molecule has 6 heteroatoms. The predicted octanol–water partition coefficient (Wildman–Crippen LogP) is 5.41. The molecule has 1 aliphatic rings. The van der Waals surface area contributed by atoms with Gasteiger partial charge in [0.2, 0.25) is 0 Å². The molecule has 6 nitrogen and oxygen atoms in total. The number of ether oxygens (including phenoxy) is 3. The Morgan fingerprint density at radius 3 is 2.09 bits per heavy atom. The Morgan fingerprint density at radius 2 is 1.47 bits per heavy atom. The van der Waals surface area contributed by atoms with E-state index in [1.54, 1.807) is 27.4 Å².